The van der Waals surface area contributed by atoms with Crippen LogP contribution < -0.4 is 10.1 Å². The van der Waals surface area contributed by atoms with Crippen molar-refractivity contribution in [1.82, 2.24) is 10.2 Å². The average molecular weight is 334 g/mol. The van der Waals surface area contributed by atoms with Gasteiger partial charge in [0.2, 0.25) is 0 Å². The summed E-state index contributed by atoms with van der Waals surface area (Å²) in [5.41, 5.74) is 2.08. The smallest absolute Gasteiger partial charge is 0.317 e. The van der Waals surface area contributed by atoms with E-state index in [2.05, 4.69) is 16.8 Å². The topological polar surface area (TPSA) is 61.8 Å². The Bertz CT molecular complexity index is 599. The predicted molar refractivity (Wildman–Crippen MR) is 92.0 cm³/mol. The SMILES string of the molecule is COc1ccc(C(CO)N(C)C(=O)NCCc2ccsc2)cc1. The van der Waals surface area contributed by atoms with Gasteiger partial charge >= 0.3 is 6.03 Å². The van der Waals surface area contributed by atoms with Crippen molar-refractivity contribution in [3.63, 3.8) is 0 Å². The van der Waals surface area contributed by atoms with Crippen molar-refractivity contribution in [2.75, 3.05) is 27.3 Å². The van der Waals surface area contributed by atoms with Gasteiger partial charge in [-0.15, -0.1) is 0 Å². The van der Waals surface area contributed by atoms with Crippen LogP contribution in [0.3, 0.4) is 0 Å². The summed E-state index contributed by atoms with van der Waals surface area (Å²) >= 11 is 1.65. The van der Waals surface area contributed by atoms with Crippen LogP contribution in [0, 0.1) is 0 Å². The molecule has 0 bridgehead atoms. The first-order chi connectivity index (χ1) is 11.2. The molecule has 2 rings (SSSR count). The Labute approximate surface area is 140 Å². The maximum atomic E-state index is 12.2. The minimum atomic E-state index is -0.387. The van der Waals surface area contributed by atoms with Gasteiger partial charge in [-0.3, -0.25) is 0 Å². The number of benzene rings is 1. The highest BCUT2D eigenvalue weighted by Gasteiger charge is 2.20. The van der Waals surface area contributed by atoms with Crippen molar-refractivity contribution in [2.24, 2.45) is 0 Å². The minimum Gasteiger partial charge on any atom is -0.497 e. The number of rotatable bonds is 7. The lowest BCUT2D eigenvalue weighted by atomic mass is 10.1. The number of amides is 2. The van der Waals surface area contributed by atoms with E-state index in [1.807, 2.05) is 29.6 Å². The van der Waals surface area contributed by atoms with Crippen molar-refractivity contribution < 1.29 is 14.6 Å². The lowest BCUT2D eigenvalue weighted by Gasteiger charge is -2.27. The summed E-state index contributed by atoms with van der Waals surface area (Å²) in [5.74, 6) is 0.744. The first kappa shape index (κ1) is 17.3. The number of aliphatic hydroxyl groups is 1. The third-order valence-corrected chi connectivity index (χ3v) is 4.46. The number of urea groups is 1. The fourth-order valence-electron chi connectivity index (χ4n) is 2.29. The third kappa shape index (κ3) is 4.71. The molecule has 0 saturated carbocycles. The number of thiophene rings is 1. The molecule has 6 heteroatoms. The first-order valence-electron chi connectivity index (χ1n) is 7.42. The monoisotopic (exact) mass is 334 g/mol. The van der Waals surface area contributed by atoms with Gasteiger partial charge in [-0.25, -0.2) is 4.79 Å². The Kier molecular flexibility index (Phi) is 6.43. The van der Waals surface area contributed by atoms with Crippen molar-refractivity contribution in [1.29, 1.82) is 0 Å². The van der Waals surface area contributed by atoms with Gasteiger partial charge in [0.15, 0.2) is 0 Å². The first-order valence-corrected chi connectivity index (χ1v) is 8.36. The molecule has 0 radical (unpaired) electrons. The number of hydrogen-bond acceptors (Lipinski definition) is 4. The van der Waals surface area contributed by atoms with Gasteiger partial charge in [0, 0.05) is 13.6 Å². The van der Waals surface area contributed by atoms with E-state index in [9.17, 15) is 9.90 Å². The van der Waals surface area contributed by atoms with Crippen LogP contribution in [0.15, 0.2) is 41.1 Å². The second kappa shape index (κ2) is 8.55. The van der Waals surface area contributed by atoms with Crippen molar-refractivity contribution in [3.8, 4) is 5.75 Å². The van der Waals surface area contributed by atoms with Crippen molar-refractivity contribution in [3.05, 3.63) is 52.2 Å². The molecule has 0 spiro atoms. The van der Waals surface area contributed by atoms with Crippen LogP contribution in [-0.4, -0.2) is 43.3 Å². The van der Waals surface area contributed by atoms with E-state index >= 15 is 0 Å². The summed E-state index contributed by atoms with van der Waals surface area (Å²) in [7, 11) is 3.29. The zero-order valence-electron chi connectivity index (χ0n) is 13.4. The number of carbonyl (C=O) groups is 1. The van der Waals surface area contributed by atoms with Gasteiger partial charge in [0.25, 0.3) is 0 Å². The number of methoxy groups -OCH3 is 1. The normalized spacial score (nSPS) is 11.8. The van der Waals surface area contributed by atoms with Crippen molar-refractivity contribution >= 4 is 17.4 Å². The Morgan fingerprint density at radius 3 is 2.65 bits per heavy atom. The molecule has 1 unspecified atom stereocenters. The summed E-state index contributed by atoms with van der Waals surface area (Å²) in [4.78, 5) is 13.8. The molecule has 2 amide bonds. The Morgan fingerprint density at radius 1 is 1.35 bits per heavy atom. The minimum absolute atomic E-state index is 0.138. The molecule has 1 atom stereocenters. The van der Waals surface area contributed by atoms with Crippen LogP contribution in [0.1, 0.15) is 17.2 Å². The molecule has 0 aliphatic heterocycles. The number of likely N-dealkylation sites (N-methyl/N-ethyl adjacent to an activating group) is 1. The van der Waals surface area contributed by atoms with Gasteiger partial charge in [-0.05, 0) is 46.5 Å². The van der Waals surface area contributed by atoms with Crippen LogP contribution in [-0.2, 0) is 6.42 Å². The molecule has 1 heterocycles. The second-order valence-corrected chi connectivity index (χ2v) is 5.98. The standard InChI is InChI=1S/C17H22N2O3S/c1-19(17(21)18-9-7-13-8-10-23-12-13)16(11-20)14-3-5-15(22-2)6-4-14/h3-6,8,10,12,16,20H,7,9,11H2,1-2H3,(H,18,21). The number of ether oxygens (including phenoxy) is 1. The fourth-order valence-corrected chi connectivity index (χ4v) is 3.00. The summed E-state index contributed by atoms with van der Waals surface area (Å²) < 4.78 is 5.12. The van der Waals surface area contributed by atoms with Gasteiger partial charge in [0.05, 0.1) is 19.8 Å². The molecule has 1 aromatic heterocycles. The highest BCUT2D eigenvalue weighted by atomic mass is 32.1. The van der Waals surface area contributed by atoms with E-state index in [-0.39, 0.29) is 18.7 Å². The largest absolute Gasteiger partial charge is 0.497 e. The highest BCUT2D eigenvalue weighted by molar-refractivity contribution is 7.07. The maximum Gasteiger partial charge on any atom is 0.317 e. The van der Waals surface area contributed by atoms with Crippen LogP contribution in [0.25, 0.3) is 0 Å². The summed E-state index contributed by atoms with van der Waals surface area (Å²) in [6.45, 7) is 0.432. The van der Waals surface area contributed by atoms with Crippen LogP contribution in [0.4, 0.5) is 4.79 Å². The van der Waals surface area contributed by atoms with Gasteiger partial charge in [-0.1, -0.05) is 12.1 Å². The highest BCUT2D eigenvalue weighted by Crippen LogP contribution is 2.21. The average Bonchev–Trinajstić information content (AvgIpc) is 3.09. The molecule has 23 heavy (non-hydrogen) atoms. The van der Waals surface area contributed by atoms with E-state index in [0.717, 1.165) is 17.7 Å². The molecule has 0 fully saturated rings. The molecule has 2 N–H and O–H groups in total. The Hall–Kier alpha value is -2.05. The number of carbonyl (C=O) groups excluding carboxylic acids is 1. The van der Waals surface area contributed by atoms with E-state index < -0.39 is 0 Å². The molecular formula is C17H22N2O3S. The maximum absolute atomic E-state index is 12.2. The summed E-state index contributed by atoms with van der Waals surface area (Å²) in [6.07, 6.45) is 0.801. The number of aliphatic hydroxyl groups excluding tert-OH is 1. The van der Waals surface area contributed by atoms with E-state index in [4.69, 9.17) is 4.74 Å². The van der Waals surface area contributed by atoms with Crippen molar-refractivity contribution in [2.45, 2.75) is 12.5 Å². The van der Waals surface area contributed by atoms with Crippen LogP contribution in [0.5, 0.6) is 5.75 Å². The quantitative estimate of drug-likeness (QED) is 0.818. The molecular weight excluding hydrogens is 312 g/mol. The molecule has 5 nitrogen and oxygen atoms in total. The summed E-state index contributed by atoms with van der Waals surface area (Å²) in [5, 5.41) is 16.6. The number of hydrogen-bond donors (Lipinski definition) is 2. The molecule has 0 aliphatic rings. The van der Waals surface area contributed by atoms with E-state index in [1.54, 1.807) is 25.5 Å². The molecule has 2 aromatic rings. The van der Waals surface area contributed by atoms with E-state index in [1.165, 1.54) is 10.5 Å². The lowest BCUT2D eigenvalue weighted by molar-refractivity contribution is 0.150. The van der Waals surface area contributed by atoms with Gasteiger partial charge in [0.1, 0.15) is 5.75 Å². The fraction of sp³-hybridized carbons (Fsp3) is 0.353. The molecule has 124 valence electrons. The Balaban J connectivity index is 1.91. The number of nitrogens with zero attached hydrogens (tertiary/aromatic N) is 1. The molecule has 0 aliphatic carbocycles. The summed E-state index contributed by atoms with van der Waals surface area (Å²) in [6, 6.07) is 8.82. The Morgan fingerprint density at radius 2 is 2.09 bits per heavy atom. The predicted octanol–water partition coefficient (Wildman–Crippen LogP) is 2.67. The lowest BCUT2D eigenvalue weighted by Crippen LogP contribution is -2.41. The molecule has 0 saturated heterocycles. The molecule has 1 aromatic carbocycles. The second-order valence-electron chi connectivity index (χ2n) is 5.20. The van der Waals surface area contributed by atoms with Crippen LogP contribution in [0.2, 0.25) is 0 Å². The number of nitrogens with one attached hydrogen (secondary N) is 1. The van der Waals surface area contributed by atoms with Crippen LogP contribution >= 0.6 is 11.3 Å². The van der Waals surface area contributed by atoms with Gasteiger partial charge in [-0.2, -0.15) is 11.3 Å². The van der Waals surface area contributed by atoms with Gasteiger partial charge < -0.3 is 20.1 Å². The zero-order valence-corrected chi connectivity index (χ0v) is 14.2. The van der Waals surface area contributed by atoms with E-state index in [0.29, 0.717) is 6.54 Å². The zero-order chi connectivity index (χ0) is 16.7. The third-order valence-electron chi connectivity index (χ3n) is 3.73.